The van der Waals surface area contributed by atoms with Crippen LogP contribution in [0.25, 0.3) is 10.2 Å². The summed E-state index contributed by atoms with van der Waals surface area (Å²) in [5, 5.41) is 4.11. The number of carbonyl (C=O) groups excluding carboxylic acids is 1. The normalized spacial score (nSPS) is 11.0. The average Bonchev–Trinajstić information content (AvgIpc) is 2.86. The second kappa shape index (κ2) is 7.37. The fourth-order valence-corrected chi connectivity index (χ4v) is 3.83. The molecule has 1 aromatic carbocycles. The van der Waals surface area contributed by atoms with Crippen LogP contribution in [-0.2, 0) is 17.8 Å². The lowest BCUT2D eigenvalue weighted by atomic mass is 10.1. The van der Waals surface area contributed by atoms with Crippen LogP contribution in [0.2, 0.25) is 5.02 Å². The Hall–Kier alpha value is -2.18. The van der Waals surface area contributed by atoms with Crippen LogP contribution >= 0.6 is 22.9 Å². The van der Waals surface area contributed by atoms with Crippen molar-refractivity contribution >= 4 is 39.1 Å². The molecule has 0 spiro atoms. The van der Waals surface area contributed by atoms with Gasteiger partial charge in [0.05, 0.1) is 11.7 Å². The van der Waals surface area contributed by atoms with Crippen molar-refractivity contribution in [2.45, 2.75) is 26.8 Å². The molecule has 3 rings (SSSR count). The van der Waals surface area contributed by atoms with Crippen LogP contribution in [0.4, 0.5) is 0 Å². The van der Waals surface area contributed by atoms with Gasteiger partial charge in [0, 0.05) is 16.4 Å². The van der Waals surface area contributed by atoms with Crippen LogP contribution in [0.5, 0.6) is 0 Å². The summed E-state index contributed by atoms with van der Waals surface area (Å²) in [6.07, 6.45) is 2.12. The van der Waals surface area contributed by atoms with E-state index in [0.717, 1.165) is 20.8 Å². The van der Waals surface area contributed by atoms with Gasteiger partial charge in [0.2, 0.25) is 5.91 Å². The summed E-state index contributed by atoms with van der Waals surface area (Å²) in [5.74, 6) is -0.213. The van der Waals surface area contributed by atoms with Crippen molar-refractivity contribution in [3.8, 4) is 0 Å². The summed E-state index contributed by atoms with van der Waals surface area (Å²) in [4.78, 5) is 30.8. The largest absolute Gasteiger partial charge is 0.354 e. The van der Waals surface area contributed by atoms with Gasteiger partial charge < -0.3 is 5.32 Å². The first kappa shape index (κ1) is 17.6. The molecule has 0 saturated carbocycles. The second-order valence-electron chi connectivity index (χ2n) is 5.87. The van der Waals surface area contributed by atoms with E-state index < -0.39 is 0 Å². The third kappa shape index (κ3) is 3.91. The summed E-state index contributed by atoms with van der Waals surface area (Å²) in [6, 6.07) is 7.53. The lowest BCUT2D eigenvalue weighted by molar-refractivity contribution is -0.121. The van der Waals surface area contributed by atoms with Gasteiger partial charge in [-0.15, -0.1) is 11.3 Å². The quantitative estimate of drug-likeness (QED) is 0.745. The van der Waals surface area contributed by atoms with E-state index in [9.17, 15) is 9.59 Å². The van der Waals surface area contributed by atoms with E-state index in [1.54, 1.807) is 0 Å². The minimum absolute atomic E-state index is 0.0361. The molecule has 5 nitrogen and oxygen atoms in total. The maximum Gasteiger partial charge on any atom is 0.262 e. The van der Waals surface area contributed by atoms with Crippen molar-refractivity contribution in [3.63, 3.8) is 0 Å². The lowest BCUT2D eigenvalue weighted by Gasteiger charge is -2.08. The van der Waals surface area contributed by atoms with Gasteiger partial charge >= 0.3 is 0 Å². The summed E-state index contributed by atoms with van der Waals surface area (Å²) in [7, 11) is 0. The number of thiophene rings is 1. The number of nitrogens with zero attached hydrogens (tertiary/aromatic N) is 2. The molecule has 130 valence electrons. The molecular formula is C18H18ClN3O2S. The predicted octanol–water partition coefficient (Wildman–Crippen LogP) is 3.09. The van der Waals surface area contributed by atoms with E-state index in [1.165, 1.54) is 22.2 Å². The van der Waals surface area contributed by atoms with Gasteiger partial charge in [-0.05, 0) is 43.5 Å². The first-order chi connectivity index (χ1) is 12.0. The minimum atomic E-state index is -0.213. The smallest absolute Gasteiger partial charge is 0.262 e. The van der Waals surface area contributed by atoms with Crippen LogP contribution in [0, 0.1) is 13.8 Å². The summed E-state index contributed by atoms with van der Waals surface area (Å²) in [5.41, 5.74) is 1.82. The van der Waals surface area contributed by atoms with Crippen molar-refractivity contribution in [1.29, 1.82) is 0 Å². The molecule has 1 amide bonds. The minimum Gasteiger partial charge on any atom is -0.354 e. The van der Waals surface area contributed by atoms with Gasteiger partial charge in [-0.2, -0.15) is 0 Å². The van der Waals surface area contributed by atoms with E-state index >= 15 is 0 Å². The standard InChI is InChI=1S/C18H18ClN3O2S/c1-11-12(2)25-17-16(11)18(24)22(10-21-17)9-15(23)20-7-6-13-4-3-5-14(19)8-13/h3-5,8,10H,6-7,9H2,1-2H3,(H,20,23). The van der Waals surface area contributed by atoms with Gasteiger partial charge in [0.1, 0.15) is 11.4 Å². The fourth-order valence-electron chi connectivity index (χ4n) is 2.63. The van der Waals surface area contributed by atoms with Crippen LogP contribution in [-0.4, -0.2) is 22.0 Å². The van der Waals surface area contributed by atoms with Crippen molar-refractivity contribution < 1.29 is 4.79 Å². The molecule has 0 unspecified atom stereocenters. The fraction of sp³-hybridized carbons (Fsp3) is 0.278. The van der Waals surface area contributed by atoms with Gasteiger partial charge in [-0.3, -0.25) is 14.2 Å². The number of nitrogens with one attached hydrogen (secondary N) is 1. The predicted molar refractivity (Wildman–Crippen MR) is 102 cm³/mol. The third-order valence-corrected chi connectivity index (χ3v) is 5.45. The number of benzene rings is 1. The van der Waals surface area contributed by atoms with Crippen LogP contribution < -0.4 is 10.9 Å². The molecule has 7 heteroatoms. The molecule has 0 atom stereocenters. The molecule has 2 aromatic heterocycles. The highest BCUT2D eigenvalue weighted by Gasteiger charge is 2.13. The number of aryl methyl sites for hydroxylation is 2. The Morgan fingerprint density at radius 2 is 2.16 bits per heavy atom. The lowest BCUT2D eigenvalue weighted by Crippen LogP contribution is -2.33. The van der Waals surface area contributed by atoms with Crippen molar-refractivity contribution in [2.75, 3.05) is 6.54 Å². The van der Waals surface area contributed by atoms with Crippen molar-refractivity contribution in [3.05, 3.63) is 62.0 Å². The molecule has 25 heavy (non-hydrogen) atoms. The zero-order chi connectivity index (χ0) is 18.0. The van der Waals surface area contributed by atoms with E-state index in [4.69, 9.17) is 11.6 Å². The number of fused-ring (bicyclic) bond motifs is 1. The van der Waals surface area contributed by atoms with Gasteiger partial charge in [0.25, 0.3) is 5.56 Å². The zero-order valence-electron chi connectivity index (χ0n) is 14.0. The Kier molecular flexibility index (Phi) is 5.20. The first-order valence-corrected chi connectivity index (χ1v) is 9.11. The Bertz CT molecular complexity index is 994. The van der Waals surface area contributed by atoms with Crippen LogP contribution in [0.1, 0.15) is 16.0 Å². The molecule has 0 saturated heterocycles. The summed E-state index contributed by atoms with van der Waals surface area (Å²) < 4.78 is 1.36. The number of carbonyl (C=O) groups is 1. The van der Waals surface area contributed by atoms with Gasteiger partial charge in [-0.25, -0.2) is 4.98 Å². The van der Waals surface area contributed by atoms with Crippen LogP contribution in [0.15, 0.2) is 35.4 Å². The van der Waals surface area contributed by atoms with Crippen molar-refractivity contribution in [2.24, 2.45) is 0 Å². The Balaban J connectivity index is 1.65. The van der Waals surface area contributed by atoms with Crippen LogP contribution in [0.3, 0.4) is 0 Å². The number of hydrogen-bond donors (Lipinski definition) is 1. The number of rotatable bonds is 5. The number of halogens is 1. The highest BCUT2D eigenvalue weighted by Crippen LogP contribution is 2.25. The zero-order valence-corrected chi connectivity index (χ0v) is 15.6. The molecule has 2 heterocycles. The molecule has 0 radical (unpaired) electrons. The molecule has 0 fully saturated rings. The monoisotopic (exact) mass is 375 g/mol. The Labute approximate surface area is 154 Å². The maximum atomic E-state index is 12.6. The molecule has 3 aromatic rings. The van der Waals surface area contributed by atoms with E-state index in [1.807, 2.05) is 38.1 Å². The summed E-state index contributed by atoms with van der Waals surface area (Å²) in [6.45, 7) is 4.33. The molecular weight excluding hydrogens is 358 g/mol. The second-order valence-corrected chi connectivity index (χ2v) is 7.51. The number of hydrogen-bond acceptors (Lipinski definition) is 4. The van der Waals surface area contributed by atoms with E-state index in [0.29, 0.717) is 23.4 Å². The highest BCUT2D eigenvalue weighted by molar-refractivity contribution is 7.18. The Morgan fingerprint density at radius 3 is 2.92 bits per heavy atom. The van der Waals surface area contributed by atoms with Gasteiger partial charge in [0.15, 0.2) is 0 Å². The highest BCUT2D eigenvalue weighted by atomic mass is 35.5. The first-order valence-electron chi connectivity index (χ1n) is 7.92. The molecule has 0 bridgehead atoms. The number of aromatic nitrogens is 2. The topological polar surface area (TPSA) is 64.0 Å². The molecule has 1 N–H and O–H groups in total. The van der Waals surface area contributed by atoms with E-state index in [-0.39, 0.29) is 18.0 Å². The third-order valence-electron chi connectivity index (χ3n) is 4.09. The maximum absolute atomic E-state index is 12.6. The summed E-state index contributed by atoms with van der Waals surface area (Å²) >= 11 is 7.44. The van der Waals surface area contributed by atoms with Gasteiger partial charge in [-0.1, -0.05) is 23.7 Å². The molecule has 0 aliphatic carbocycles. The SMILES string of the molecule is Cc1sc2ncn(CC(=O)NCCc3cccc(Cl)c3)c(=O)c2c1C. The molecule has 0 aliphatic rings. The van der Waals surface area contributed by atoms with E-state index in [2.05, 4.69) is 10.3 Å². The average molecular weight is 376 g/mol. The van der Waals surface area contributed by atoms with Crippen molar-refractivity contribution in [1.82, 2.24) is 14.9 Å². The molecule has 0 aliphatic heterocycles. The Morgan fingerprint density at radius 1 is 1.36 bits per heavy atom. The number of amides is 1.